The summed E-state index contributed by atoms with van der Waals surface area (Å²) in [4.78, 5) is 9.19. The van der Waals surface area contributed by atoms with E-state index in [0.717, 1.165) is 30.5 Å². The number of anilines is 2. The van der Waals surface area contributed by atoms with Crippen LogP contribution in [0.25, 0.3) is 0 Å². The third-order valence-electron chi connectivity index (χ3n) is 3.37. The van der Waals surface area contributed by atoms with Crippen molar-refractivity contribution < 1.29 is 0 Å². The second-order valence-corrected chi connectivity index (χ2v) is 5.20. The van der Waals surface area contributed by atoms with Crippen molar-refractivity contribution in [1.29, 1.82) is 0 Å². The second-order valence-electron chi connectivity index (χ2n) is 5.20. The molecular weight excluding hydrogens is 224 g/mol. The van der Waals surface area contributed by atoms with Gasteiger partial charge >= 0.3 is 0 Å². The minimum Gasteiger partial charge on any atom is -0.370 e. The number of rotatable bonds is 7. The summed E-state index contributed by atoms with van der Waals surface area (Å²) in [7, 11) is 0. The molecule has 1 heterocycles. The predicted octanol–water partition coefficient (Wildman–Crippen LogP) is 3.24. The maximum absolute atomic E-state index is 4.62. The molecule has 1 fully saturated rings. The van der Waals surface area contributed by atoms with Gasteiger partial charge in [0.2, 0.25) is 0 Å². The van der Waals surface area contributed by atoms with Gasteiger partial charge in [-0.15, -0.1) is 0 Å². The maximum Gasteiger partial charge on any atom is 0.136 e. The topological polar surface area (TPSA) is 49.8 Å². The molecule has 2 rings (SSSR count). The lowest BCUT2D eigenvalue weighted by Gasteiger charge is -2.13. The van der Waals surface area contributed by atoms with Gasteiger partial charge in [0.1, 0.15) is 17.5 Å². The molecule has 0 spiro atoms. The fourth-order valence-corrected chi connectivity index (χ4v) is 1.78. The molecule has 1 aromatic rings. The largest absolute Gasteiger partial charge is 0.370 e. The lowest BCUT2D eigenvalue weighted by molar-refractivity contribution is 0.592. The number of nitrogens with zero attached hydrogens (tertiary/aromatic N) is 2. The minimum atomic E-state index is 0.591. The molecule has 0 amide bonds. The number of hydrogen-bond donors (Lipinski definition) is 2. The summed E-state index contributed by atoms with van der Waals surface area (Å²) in [6, 6.07) is 2.01. The molecule has 0 bridgehead atoms. The Kier molecular flexibility index (Phi) is 4.39. The fraction of sp³-hybridized carbons (Fsp3) is 0.714. The zero-order valence-electron chi connectivity index (χ0n) is 11.7. The van der Waals surface area contributed by atoms with Crippen LogP contribution in [0.15, 0.2) is 6.07 Å². The summed E-state index contributed by atoms with van der Waals surface area (Å²) in [5, 5.41) is 6.71. The first kappa shape index (κ1) is 13.1. The van der Waals surface area contributed by atoms with E-state index in [9.17, 15) is 0 Å². The fourth-order valence-electron chi connectivity index (χ4n) is 1.78. The summed E-state index contributed by atoms with van der Waals surface area (Å²) < 4.78 is 0. The van der Waals surface area contributed by atoms with E-state index in [4.69, 9.17) is 0 Å². The van der Waals surface area contributed by atoms with Crippen molar-refractivity contribution in [3.8, 4) is 0 Å². The monoisotopic (exact) mass is 248 g/mol. The standard InChI is InChI=1S/C14H24N4/c1-4-10(3)9-16-13-8-12(15-5-2)17-14(18-13)11-6-7-11/h8,10-11H,4-7,9H2,1-3H3,(H2,15,16,17,18). The van der Waals surface area contributed by atoms with Gasteiger partial charge < -0.3 is 10.6 Å². The van der Waals surface area contributed by atoms with Gasteiger partial charge in [-0.25, -0.2) is 9.97 Å². The molecule has 0 aliphatic heterocycles. The van der Waals surface area contributed by atoms with Crippen LogP contribution in [0, 0.1) is 5.92 Å². The van der Waals surface area contributed by atoms with Gasteiger partial charge in [-0.2, -0.15) is 0 Å². The Morgan fingerprint density at radius 3 is 2.44 bits per heavy atom. The molecule has 1 aromatic heterocycles. The van der Waals surface area contributed by atoms with Gasteiger partial charge in [0.25, 0.3) is 0 Å². The third kappa shape index (κ3) is 3.59. The van der Waals surface area contributed by atoms with Gasteiger partial charge in [0, 0.05) is 25.1 Å². The van der Waals surface area contributed by atoms with Gasteiger partial charge in [-0.1, -0.05) is 20.3 Å². The highest BCUT2D eigenvalue weighted by atomic mass is 15.1. The quantitative estimate of drug-likeness (QED) is 0.777. The van der Waals surface area contributed by atoms with Crippen molar-refractivity contribution in [3.05, 3.63) is 11.9 Å². The van der Waals surface area contributed by atoms with E-state index in [1.54, 1.807) is 0 Å². The average molecular weight is 248 g/mol. The smallest absolute Gasteiger partial charge is 0.136 e. The van der Waals surface area contributed by atoms with Gasteiger partial charge in [0.15, 0.2) is 0 Å². The first-order valence-electron chi connectivity index (χ1n) is 7.09. The molecular formula is C14H24N4. The van der Waals surface area contributed by atoms with Crippen molar-refractivity contribution >= 4 is 11.6 Å². The molecule has 1 atom stereocenters. The van der Waals surface area contributed by atoms with Crippen molar-refractivity contribution in [2.45, 2.75) is 46.0 Å². The highest BCUT2D eigenvalue weighted by Gasteiger charge is 2.27. The van der Waals surface area contributed by atoms with E-state index >= 15 is 0 Å². The molecule has 4 nitrogen and oxygen atoms in total. The Morgan fingerprint density at radius 2 is 1.89 bits per heavy atom. The number of nitrogens with one attached hydrogen (secondary N) is 2. The van der Waals surface area contributed by atoms with Crippen LogP contribution in [0.1, 0.15) is 51.8 Å². The van der Waals surface area contributed by atoms with E-state index in [0.29, 0.717) is 11.8 Å². The molecule has 0 radical (unpaired) electrons. The summed E-state index contributed by atoms with van der Waals surface area (Å²) in [5.74, 6) is 4.17. The van der Waals surface area contributed by atoms with Crippen LogP contribution in [0.3, 0.4) is 0 Å². The van der Waals surface area contributed by atoms with E-state index in [2.05, 4.69) is 41.4 Å². The average Bonchev–Trinajstić information content (AvgIpc) is 3.20. The zero-order valence-corrected chi connectivity index (χ0v) is 11.7. The van der Waals surface area contributed by atoms with Crippen molar-refractivity contribution in [2.24, 2.45) is 5.92 Å². The molecule has 4 heteroatoms. The van der Waals surface area contributed by atoms with Crippen LogP contribution >= 0.6 is 0 Å². The molecule has 0 saturated heterocycles. The molecule has 18 heavy (non-hydrogen) atoms. The second kappa shape index (κ2) is 6.03. The molecule has 0 aromatic carbocycles. The molecule has 1 aliphatic carbocycles. The molecule has 1 aliphatic rings. The Bertz CT molecular complexity index is 387. The molecule has 1 unspecified atom stereocenters. The van der Waals surface area contributed by atoms with E-state index < -0.39 is 0 Å². The van der Waals surface area contributed by atoms with Crippen LogP contribution in [0.2, 0.25) is 0 Å². The Hall–Kier alpha value is -1.32. The van der Waals surface area contributed by atoms with Gasteiger partial charge in [0.05, 0.1) is 0 Å². The van der Waals surface area contributed by atoms with Crippen LogP contribution in [0.4, 0.5) is 11.6 Å². The number of hydrogen-bond acceptors (Lipinski definition) is 4. The normalized spacial score (nSPS) is 16.4. The van der Waals surface area contributed by atoms with Crippen molar-refractivity contribution in [2.75, 3.05) is 23.7 Å². The van der Waals surface area contributed by atoms with Crippen LogP contribution in [0.5, 0.6) is 0 Å². The SMILES string of the molecule is CCNc1cc(NCC(C)CC)nc(C2CC2)n1. The van der Waals surface area contributed by atoms with E-state index in [1.807, 2.05) is 6.07 Å². The summed E-state index contributed by atoms with van der Waals surface area (Å²) in [6.07, 6.45) is 3.66. The number of aromatic nitrogens is 2. The Labute approximate surface area is 110 Å². The predicted molar refractivity (Wildman–Crippen MR) is 76.1 cm³/mol. The summed E-state index contributed by atoms with van der Waals surface area (Å²) in [5.41, 5.74) is 0. The first-order chi connectivity index (χ1) is 8.72. The summed E-state index contributed by atoms with van der Waals surface area (Å²) >= 11 is 0. The van der Waals surface area contributed by atoms with Crippen LogP contribution in [-0.4, -0.2) is 23.1 Å². The van der Waals surface area contributed by atoms with Crippen molar-refractivity contribution in [1.82, 2.24) is 9.97 Å². The van der Waals surface area contributed by atoms with Crippen molar-refractivity contribution in [3.63, 3.8) is 0 Å². The van der Waals surface area contributed by atoms with Gasteiger partial charge in [-0.3, -0.25) is 0 Å². The highest BCUT2D eigenvalue weighted by Crippen LogP contribution is 2.38. The molecule has 100 valence electrons. The molecule has 2 N–H and O–H groups in total. The van der Waals surface area contributed by atoms with Gasteiger partial charge in [-0.05, 0) is 25.7 Å². The summed E-state index contributed by atoms with van der Waals surface area (Å²) in [6.45, 7) is 8.42. The zero-order chi connectivity index (χ0) is 13.0. The lowest BCUT2D eigenvalue weighted by Crippen LogP contribution is -2.13. The first-order valence-corrected chi connectivity index (χ1v) is 7.09. The maximum atomic E-state index is 4.62. The molecule has 1 saturated carbocycles. The highest BCUT2D eigenvalue weighted by molar-refractivity contribution is 5.48. The Balaban J connectivity index is 2.07. The third-order valence-corrected chi connectivity index (χ3v) is 3.37. The minimum absolute atomic E-state index is 0.591. The van der Waals surface area contributed by atoms with Crippen LogP contribution < -0.4 is 10.6 Å². The van der Waals surface area contributed by atoms with E-state index in [1.165, 1.54) is 19.3 Å². The lowest BCUT2D eigenvalue weighted by atomic mass is 10.1. The van der Waals surface area contributed by atoms with E-state index in [-0.39, 0.29) is 0 Å². The Morgan fingerprint density at radius 1 is 1.22 bits per heavy atom. The van der Waals surface area contributed by atoms with Crippen LogP contribution in [-0.2, 0) is 0 Å².